The van der Waals surface area contributed by atoms with Gasteiger partial charge < -0.3 is 9.88 Å². The maximum Gasteiger partial charge on any atom is 0.160 e. The molecule has 1 N–H and O–H groups in total. The first-order valence-corrected chi connectivity index (χ1v) is 8.80. The van der Waals surface area contributed by atoms with Crippen LogP contribution in [-0.2, 0) is 0 Å². The molecule has 0 saturated carbocycles. The quantitative estimate of drug-likeness (QED) is 0.613. The van der Waals surface area contributed by atoms with Crippen molar-refractivity contribution in [1.82, 2.24) is 29.5 Å². The van der Waals surface area contributed by atoms with Crippen molar-refractivity contribution < 1.29 is 0 Å². The molecule has 1 aliphatic rings. The van der Waals surface area contributed by atoms with Crippen molar-refractivity contribution in [3.05, 3.63) is 48.5 Å². The van der Waals surface area contributed by atoms with Crippen LogP contribution in [0.3, 0.4) is 0 Å². The molecular formula is C19H20N6. The number of piperidine rings is 1. The van der Waals surface area contributed by atoms with Gasteiger partial charge in [-0.3, -0.25) is 0 Å². The van der Waals surface area contributed by atoms with Crippen LogP contribution in [0.5, 0.6) is 0 Å². The normalized spacial score (nSPS) is 18.2. The molecule has 0 aliphatic carbocycles. The third kappa shape index (κ3) is 2.33. The largest absolute Gasteiger partial charge is 0.315 e. The van der Waals surface area contributed by atoms with Gasteiger partial charge in [-0.25, -0.2) is 14.5 Å². The Morgan fingerprint density at radius 2 is 2.12 bits per heavy atom. The number of aromatic nitrogens is 5. The molecule has 0 spiro atoms. The number of imidazole rings is 1. The lowest BCUT2D eigenvalue weighted by Crippen LogP contribution is -2.32. The van der Waals surface area contributed by atoms with Gasteiger partial charge in [-0.2, -0.15) is 5.10 Å². The number of rotatable bonds is 2. The van der Waals surface area contributed by atoms with Gasteiger partial charge in [-0.1, -0.05) is 6.07 Å². The zero-order chi connectivity index (χ0) is 16.8. The number of aryl methyl sites for hydroxylation is 1. The summed E-state index contributed by atoms with van der Waals surface area (Å²) < 4.78 is 4.19. The number of fused-ring (bicyclic) bond motifs is 2. The summed E-state index contributed by atoms with van der Waals surface area (Å²) in [6.45, 7) is 4.16. The molecule has 4 aromatic heterocycles. The molecule has 0 bridgehead atoms. The molecule has 0 amide bonds. The highest BCUT2D eigenvalue weighted by Gasteiger charge is 2.21. The Morgan fingerprint density at radius 3 is 3.00 bits per heavy atom. The Bertz CT molecular complexity index is 1050. The summed E-state index contributed by atoms with van der Waals surface area (Å²) in [5.74, 6) is 1.04. The van der Waals surface area contributed by atoms with E-state index in [0.29, 0.717) is 6.04 Å². The smallest absolute Gasteiger partial charge is 0.160 e. The number of pyridine rings is 2. The molecule has 1 unspecified atom stereocenters. The molecule has 6 nitrogen and oxygen atoms in total. The summed E-state index contributed by atoms with van der Waals surface area (Å²) in [5, 5.41) is 7.93. The monoisotopic (exact) mass is 332 g/mol. The molecule has 0 aromatic carbocycles. The lowest BCUT2D eigenvalue weighted by Gasteiger charge is -2.25. The molecule has 1 fully saturated rings. The Hall–Kier alpha value is -2.73. The second kappa shape index (κ2) is 5.67. The maximum absolute atomic E-state index is 4.98. The lowest BCUT2D eigenvalue weighted by atomic mass is 10.1. The first-order valence-electron chi connectivity index (χ1n) is 8.80. The van der Waals surface area contributed by atoms with Crippen molar-refractivity contribution >= 4 is 16.7 Å². The second-order valence-corrected chi connectivity index (χ2v) is 6.66. The molecule has 1 atom stereocenters. The van der Waals surface area contributed by atoms with Crippen LogP contribution in [0.25, 0.3) is 27.9 Å². The van der Waals surface area contributed by atoms with Gasteiger partial charge in [0.2, 0.25) is 0 Å². The van der Waals surface area contributed by atoms with E-state index in [1.807, 2.05) is 35.1 Å². The van der Waals surface area contributed by atoms with E-state index in [-0.39, 0.29) is 0 Å². The predicted octanol–water partition coefficient (Wildman–Crippen LogP) is 2.98. The van der Waals surface area contributed by atoms with Crippen LogP contribution < -0.4 is 5.32 Å². The standard InChI is InChI=1S/C19H20N6/c1-13-22-17-8-7-16(15-12-21-24-10-3-2-6-18(15)24)23-19(17)25(13)14-5-4-9-20-11-14/h2-3,6-8,10,12,14,20H,4-5,9,11H2,1H3. The van der Waals surface area contributed by atoms with Gasteiger partial charge >= 0.3 is 0 Å². The summed E-state index contributed by atoms with van der Waals surface area (Å²) in [6, 6.07) is 10.6. The van der Waals surface area contributed by atoms with Crippen LogP contribution >= 0.6 is 0 Å². The van der Waals surface area contributed by atoms with Crippen molar-refractivity contribution in [2.24, 2.45) is 0 Å². The maximum atomic E-state index is 4.98. The predicted molar refractivity (Wildman–Crippen MR) is 97.6 cm³/mol. The minimum atomic E-state index is 0.422. The van der Waals surface area contributed by atoms with Gasteiger partial charge in [-0.15, -0.1) is 0 Å². The third-order valence-electron chi connectivity index (χ3n) is 5.05. The van der Waals surface area contributed by atoms with Crippen molar-refractivity contribution in [3.8, 4) is 11.3 Å². The van der Waals surface area contributed by atoms with Crippen molar-refractivity contribution in [1.29, 1.82) is 0 Å². The van der Waals surface area contributed by atoms with Crippen LogP contribution in [0.15, 0.2) is 42.7 Å². The first kappa shape index (κ1) is 14.6. The molecule has 6 heteroatoms. The zero-order valence-corrected chi connectivity index (χ0v) is 14.2. The van der Waals surface area contributed by atoms with Crippen LogP contribution in [0.2, 0.25) is 0 Å². The van der Waals surface area contributed by atoms with Crippen LogP contribution in [0, 0.1) is 6.92 Å². The van der Waals surface area contributed by atoms with E-state index in [0.717, 1.165) is 46.9 Å². The number of nitrogens with one attached hydrogen (secondary N) is 1. The van der Waals surface area contributed by atoms with Gasteiger partial charge in [-0.05, 0) is 50.6 Å². The second-order valence-electron chi connectivity index (χ2n) is 6.66. The van der Waals surface area contributed by atoms with Crippen LogP contribution in [-0.4, -0.2) is 37.2 Å². The van der Waals surface area contributed by atoms with E-state index in [2.05, 4.69) is 34.0 Å². The minimum Gasteiger partial charge on any atom is -0.315 e. The highest BCUT2D eigenvalue weighted by Crippen LogP contribution is 2.28. The Morgan fingerprint density at radius 1 is 1.16 bits per heavy atom. The molecule has 126 valence electrons. The van der Waals surface area contributed by atoms with E-state index in [9.17, 15) is 0 Å². The van der Waals surface area contributed by atoms with Gasteiger partial charge in [0.25, 0.3) is 0 Å². The van der Waals surface area contributed by atoms with Crippen molar-refractivity contribution in [2.75, 3.05) is 13.1 Å². The minimum absolute atomic E-state index is 0.422. The van der Waals surface area contributed by atoms with E-state index >= 15 is 0 Å². The Labute approximate surface area is 145 Å². The molecule has 1 saturated heterocycles. The zero-order valence-electron chi connectivity index (χ0n) is 14.2. The molecule has 25 heavy (non-hydrogen) atoms. The van der Waals surface area contributed by atoms with Crippen molar-refractivity contribution in [2.45, 2.75) is 25.8 Å². The van der Waals surface area contributed by atoms with Gasteiger partial charge in [0.05, 0.1) is 17.4 Å². The highest BCUT2D eigenvalue weighted by atomic mass is 15.2. The average Bonchev–Trinajstić information content (AvgIpc) is 3.22. The summed E-state index contributed by atoms with van der Waals surface area (Å²) in [4.78, 5) is 9.71. The molecule has 0 radical (unpaired) electrons. The Balaban J connectivity index is 1.68. The molecule has 1 aliphatic heterocycles. The van der Waals surface area contributed by atoms with Gasteiger partial charge in [0.15, 0.2) is 5.65 Å². The fraction of sp³-hybridized carbons (Fsp3) is 0.316. The van der Waals surface area contributed by atoms with Gasteiger partial charge in [0, 0.05) is 24.3 Å². The van der Waals surface area contributed by atoms with E-state index in [1.165, 1.54) is 12.8 Å². The number of hydrogen-bond acceptors (Lipinski definition) is 4. The highest BCUT2D eigenvalue weighted by molar-refractivity contribution is 5.82. The fourth-order valence-electron chi connectivity index (χ4n) is 3.86. The first-order chi connectivity index (χ1) is 12.3. The van der Waals surface area contributed by atoms with E-state index in [4.69, 9.17) is 9.97 Å². The number of hydrogen-bond donors (Lipinski definition) is 1. The molecule has 4 aromatic rings. The summed E-state index contributed by atoms with van der Waals surface area (Å²) in [5.41, 5.74) is 4.99. The fourth-order valence-corrected chi connectivity index (χ4v) is 3.86. The van der Waals surface area contributed by atoms with Gasteiger partial charge in [0.1, 0.15) is 11.3 Å². The van der Waals surface area contributed by atoms with Crippen LogP contribution in [0.4, 0.5) is 0 Å². The summed E-state index contributed by atoms with van der Waals surface area (Å²) in [6.07, 6.45) is 6.21. The summed E-state index contributed by atoms with van der Waals surface area (Å²) in [7, 11) is 0. The number of nitrogens with zero attached hydrogens (tertiary/aromatic N) is 5. The Kier molecular flexibility index (Phi) is 3.31. The lowest BCUT2D eigenvalue weighted by molar-refractivity contribution is 0.372. The molecule has 5 heterocycles. The average molecular weight is 332 g/mol. The van der Waals surface area contributed by atoms with Crippen LogP contribution in [0.1, 0.15) is 24.7 Å². The van der Waals surface area contributed by atoms with Crippen molar-refractivity contribution in [3.63, 3.8) is 0 Å². The molecular weight excluding hydrogens is 312 g/mol. The van der Waals surface area contributed by atoms with E-state index in [1.54, 1.807) is 0 Å². The summed E-state index contributed by atoms with van der Waals surface area (Å²) >= 11 is 0. The van der Waals surface area contributed by atoms with E-state index < -0.39 is 0 Å². The SMILES string of the molecule is Cc1nc2ccc(-c3cnn4ccccc34)nc2n1C1CCCNC1. The molecule has 5 rings (SSSR count). The third-order valence-corrected chi connectivity index (χ3v) is 5.05. The topological polar surface area (TPSA) is 60.0 Å².